The van der Waals surface area contributed by atoms with Crippen molar-refractivity contribution in [2.75, 3.05) is 52.9 Å². The SMILES string of the molecule is COc1ccc(C2(O)CCN(CC(=O)N3CCN(C4CCC4)CC3)CC2)cc1. The standard InChI is InChI=1S/C22H33N3O3/c1-28-20-7-5-18(6-8-20)22(27)9-11-23(12-10-22)17-21(26)25-15-13-24(14-16-25)19-3-2-4-19/h5-8,19,27H,2-4,9-17H2,1H3. The first-order chi connectivity index (χ1) is 13.6. The first kappa shape index (κ1) is 19.7. The number of carbonyl (C=O) groups excluding carboxylic acids is 1. The van der Waals surface area contributed by atoms with Crippen LogP contribution < -0.4 is 4.74 Å². The van der Waals surface area contributed by atoms with Crippen LogP contribution in [0, 0.1) is 0 Å². The highest BCUT2D eigenvalue weighted by molar-refractivity contribution is 5.78. The molecule has 1 amide bonds. The molecule has 154 valence electrons. The van der Waals surface area contributed by atoms with E-state index < -0.39 is 5.60 Å². The Labute approximate surface area is 168 Å². The Bertz CT molecular complexity index is 658. The van der Waals surface area contributed by atoms with Gasteiger partial charge >= 0.3 is 0 Å². The van der Waals surface area contributed by atoms with E-state index in [0.717, 1.165) is 56.6 Å². The molecule has 4 rings (SSSR count). The Morgan fingerprint density at radius 3 is 2.25 bits per heavy atom. The number of rotatable bonds is 5. The Hall–Kier alpha value is -1.63. The molecule has 0 unspecified atom stereocenters. The number of carbonyl (C=O) groups is 1. The maximum absolute atomic E-state index is 12.7. The third-order valence-corrected chi connectivity index (χ3v) is 6.93. The zero-order chi connectivity index (χ0) is 19.6. The van der Waals surface area contributed by atoms with E-state index in [0.29, 0.717) is 19.4 Å². The maximum Gasteiger partial charge on any atom is 0.236 e. The smallest absolute Gasteiger partial charge is 0.236 e. The molecular formula is C22H33N3O3. The summed E-state index contributed by atoms with van der Waals surface area (Å²) in [5, 5.41) is 11.0. The van der Waals surface area contributed by atoms with Crippen molar-refractivity contribution in [3.63, 3.8) is 0 Å². The monoisotopic (exact) mass is 387 g/mol. The number of benzene rings is 1. The van der Waals surface area contributed by atoms with Crippen molar-refractivity contribution in [2.24, 2.45) is 0 Å². The molecule has 1 N–H and O–H groups in total. The molecule has 1 aromatic rings. The van der Waals surface area contributed by atoms with Crippen LogP contribution in [0.5, 0.6) is 5.75 Å². The summed E-state index contributed by atoms with van der Waals surface area (Å²) in [7, 11) is 1.65. The maximum atomic E-state index is 12.7. The van der Waals surface area contributed by atoms with Crippen LogP contribution in [-0.2, 0) is 10.4 Å². The topological polar surface area (TPSA) is 56.3 Å². The first-order valence-corrected chi connectivity index (χ1v) is 10.7. The molecule has 1 aromatic carbocycles. The van der Waals surface area contributed by atoms with Gasteiger partial charge in [0.1, 0.15) is 5.75 Å². The molecular weight excluding hydrogens is 354 g/mol. The van der Waals surface area contributed by atoms with Gasteiger partial charge in [-0.1, -0.05) is 18.6 Å². The highest BCUT2D eigenvalue weighted by Crippen LogP contribution is 2.33. The lowest BCUT2D eigenvalue weighted by Gasteiger charge is -2.43. The van der Waals surface area contributed by atoms with Crippen LogP contribution in [-0.4, -0.2) is 84.7 Å². The molecule has 2 aliphatic heterocycles. The van der Waals surface area contributed by atoms with Gasteiger partial charge in [0, 0.05) is 45.3 Å². The molecule has 0 spiro atoms. The second-order valence-corrected chi connectivity index (χ2v) is 8.54. The number of methoxy groups -OCH3 is 1. The number of aliphatic hydroxyl groups is 1. The van der Waals surface area contributed by atoms with Gasteiger partial charge in [0.25, 0.3) is 0 Å². The molecule has 28 heavy (non-hydrogen) atoms. The first-order valence-electron chi connectivity index (χ1n) is 10.7. The Morgan fingerprint density at radius 2 is 1.71 bits per heavy atom. The summed E-state index contributed by atoms with van der Waals surface area (Å²) in [4.78, 5) is 19.5. The second kappa shape index (κ2) is 8.39. The average molecular weight is 388 g/mol. The summed E-state index contributed by atoms with van der Waals surface area (Å²) in [5.74, 6) is 1.04. The van der Waals surface area contributed by atoms with Gasteiger partial charge in [-0.25, -0.2) is 0 Å². The van der Waals surface area contributed by atoms with Crippen molar-refractivity contribution < 1.29 is 14.6 Å². The minimum absolute atomic E-state index is 0.239. The molecule has 0 bridgehead atoms. The van der Waals surface area contributed by atoms with Crippen LogP contribution in [0.25, 0.3) is 0 Å². The van der Waals surface area contributed by atoms with E-state index in [1.54, 1.807) is 7.11 Å². The lowest BCUT2D eigenvalue weighted by atomic mass is 9.84. The zero-order valence-electron chi connectivity index (χ0n) is 17.0. The third kappa shape index (κ3) is 4.19. The molecule has 0 atom stereocenters. The summed E-state index contributed by atoms with van der Waals surface area (Å²) >= 11 is 0. The van der Waals surface area contributed by atoms with Crippen LogP contribution in [0.15, 0.2) is 24.3 Å². The summed E-state index contributed by atoms with van der Waals surface area (Å²) in [6, 6.07) is 8.46. The number of hydrogen-bond donors (Lipinski definition) is 1. The number of piperazine rings is 1. The Morgan fingerprint density at radius 1 is 1.07 bits per heavy atom. The van der Waals surface area contributed by atoms with Gasteiger partial charge in [-0.3, -0.25) is 14.6 Å². The van der Waals surface area contributed by atoms with Crippen LogP contribution in [0.4, 0.5) is 0 Å². The van der Waals surface area contributed by atoms with Crippen molar-refractivity contribution in [1.82, 2.24) is 14.7 Å². The van der Waals surface area contributed by atoms with E-state index in [1.165, 1.54) is 19.3 Å². The van der Waals surface area contributed by atoms with Crippen molar-refractivity contribution in [1.29, 1.82) is 0 Å². The minimum atomic E-state index is -0.805. The normalized spacial score (nSPS) is 24.0. The molecule has 0 radical (unpaired) electrons. The van der Waals surface area contributed by atoms with Crippen molar-refractivity contribution in [3.05, 3.63) is 29.8 Å². The van der Waals surface area contributed by atoms with E-state index >= 15 is 0 Å². The van der Waals surface area contributed by atoms with E-state index in [-0.39, 0.29) is 5.91 Å². The summed E-state index contributed by atoms with van der Waals surface area (Å²) in [5.41, 5.74) is 0.131. The minimum Gasteiger partial charge on any atom is -0.497 e. The van der Waals surface area contributed by atoms with Crippen molar-refractivity contribution in [2.45, 2.75) is 43.7 Å². The fourth-order valence-electron chi connectivity index (χ4n) is 4.65. The zero-order valence-corrected chi connectivity index (χ0v) is 17.0. The van der Waals surface area contributed by atoms with Crippen molar-refractivity contribution in [3.8, 4) is 5.75 Å². The average Bonchev–Trinajstić information content (AvgIpc) is 2.69. The Kier molecular flexibility index (Phi) is 5.90. The second-order valence-electron chi connectivity index (χ2n) is 8.54. The fourth-order valence-corrected chi connectivity index (χ4v) is 4.65. The largest absolute Gasteiger partial charge is 0.497 e. The number of amides is 1. The lowest BCUT2D eigenvalue weighted by molar-refractivity contribution is -0.136. The van der Waals surface area contributed by atoms with Gasteiger partial charge in [0.05, 0.1) is 19.3 Å². The number of piperidine rings is 1. The third-order valence-electron chi connectivity index (χ3n) is 6.93. The van der Waals surface area contributed by atoms with E-state index in [9.17, 15) is 9.90 Å². The van der Waals surface area contributed by atoms with Crippen LogP contribution in [0.3, 0.4) is 0 Å². The molecule has 3 fully saturated rings. The molecule has 3 aliphatic rings. The predicted octanol–water partition coefficient (Wildman–Crippen LogP) is 1.68. The van der Waals surface area contributed by atoms with Gasteiger partial charge in [-0.05, 0) is 43.4 Å². The van der Waals surface area contributed by atoms with E-state index in [2.05, 4.69) is 9.80 Å². The van der Waals surface area contributed by atoms with E-state index in [1.807, 2.05) is 29.2 Å². The summed E-state index contributed by atoms with van der Waals surface area (Å²) in [6.45, 7) is 5.73. The van der Waals surface area contributed by atoms with Gasteiger partial charge < -0.3 is 14.7 Å². The highest BCUT2D eigenvalue weighted by atomic mass is 16.5. The van der Waals surface area contributed by atoms with Crippen LogP contribution in [0.2, 0.25) is 0 Å². The molecule has 2 saturated heterocycles. The van der Waals surface area contributed by atoms with Gasteiger partial charge in [0.2, 0.25) is 5.91 Å². The summed E-state index contributed by atoms with van der Waals surface area (Å²) < 4.78 is 5.20. The quantitative estimate of drug-likeness (QED) is 0.833. The van der Waals surface area contributed by atoms with Gasteiger partial charge in [-0.2, -0.15) is 0 Å². The highest BCUT2D eigenvalue weighted by Gasteiger charge is 2.35. The van der Waals surface area contributed by atoms with Crippen LogP contribution >= 0.6 is 0 Å². The number of ether oxygens (including phenoxy) is 1. The van der Waals surface area contributed by atoms with Gasteiger partial charge in [-0.15, -0.1) is 0 Å². The molecule has 6 nitrogen and oxygen atoms in total. The molecule has 1 saturated carbocycles. The molecule has 2 heterocycles. The van der Waals surface area contributed by atoms with Crippen LogP contribution in [0.1, 0.15) is 37.7 Å². The number of nitrogens with zero attached hydrogens (tertiary/aromatic N) is 3. The molecule has 1 aliphatic carbocycles. The number of hydrogen-bond acceptors (Lipinski definition) is 5. The van der Waals surface area contributed by atoms with Gasteiger partial charge in [0.15, 0.2) is 0 Å². The predicted molar refractivity (Wildman–Crippen MR) is 108 cm³/mol. The van der Waals surface area contributed by atoms with E-state index in [4.69, 9.17) is 4.74 Å². The lowest BCUT2D eigenvalue weighted by Crippen LogP contribution is -2.55. The Balaban J connectivity index is 1.24. The number of likely N-dealkylation sites (tertiary alicyclic amines) is 1. The van der Waals surface area contributed by atoms with Crippen molar-refractivity contribution >= 4 is 5.91 Å². The molecule has 0 aromatic heterocycles. The summed E-state index contributed by atoms with van der Waals surface area (Å²) in [6.07, 6.45) is 5.34. The fraction of sp³-hybridized carbons (Fsp3) is 0.682. The molecule has 6 heteroatoms.